The third-order valence-corrected chi connectivity index (χ3v) is 3.08. The summed E-state index contributed by atoms with van der Waals surface area (Å²) >= 11 is 6.24. The highest BCUT2D eigenvalue weighted by molar-refractivity contribution is 6.39. The maximum absolute atomic E-state index is 11.3. The summed E-state index contributed by atoms with van der Waals surface area (Å²) in [6.07, 6.45) is 0.430. The fourth-order valence-corrected chi connectivity index (χ4v) is 2.33. The number of fused-ring (bicyclic) bond motifs is 2. The van der Waals surface area contributed by atoms with Crippen LogP contribution in [0.4, 0.5) is 5.69 Å². The number of carbonyl (C=O) groups is 1. The van der Waals surface area contributed by atoms with Gasteiger partial charge in [0.25, 0.3) is 0 Å². The van der Waals surface area contributed by atoms with E-state index in [1.807, 2.05) is 30.3 Å². The predicted molar refractivity (Wildman–Crippen MR) is 61.3 cm³/mol. The van der Waals surface area contributed by atoms with Crippen LogP contribution in [-0.4, -0.2) is 5.91 Å². The van der Waals surface area contributed by atoms with Gasteiger partial charge in [-0.25, -0.2) is 0 Å². The second-order valence-corrected chi connectivity index (χ2v) is 4.05. The monoisotopic (exact) mass is 217 g/mol. The topological polar surface area (TPSA) is 29.1 Å². The van der Waals surface area contributed by atoms with E-state index in [-0.39, 0.29) is 5.91 Å². The van der Waals surface area contributed by atoms with Gasteiger partial charge in [0.15, 0.2) is 0 Å². The van der Waals surface area contributed by atoms with Crippen LogP contribution in [0.3, 0.4) is 0 Å². The molecule has 0 spiro atoms. The lowest BCUT2D eigenvalue weighted by atomic mass is 10.0. The molecule has 3 heteroatoms. The standard InChI is InChI=1S/C12H8ClNO/c13-11-9-4-2-1-3-7(9)5-8-6-10(15)14-12(8)11/h1-5H,6H2,(H,14,15). The molecule has 1 heterocycles. The summed E-state index contributed by atoms with van der Waals surface area (Å²) in [5.41, 5.74) is 1.77. The van der Waals surface area contributed by atoms with Gasteiger partial charge in [0.2, 0.25) is 5.91 Å². The molecule has 0 aromatic heterocycles. The van der Waals surface area contributed by atoms with Crippen molar-refractivity contribution in [3.05, 3.63) is 40.9 Å². The Morgan fingerprint density at radius 2 is 2.07 bits per heavy atom. The maximum atomic E-state index is 11.3. The van der Waals surface area contributed by atoms with Crippen molar-refractivity contribution >= 4 is 34.0 Å². The summed E-state index contributed by atoms with van der Waals surface area (Å²) in [7, 11) is 0. The summed E-state index contributed by atoms with van der Waals surface area (Å²) in [5, 5.41) is 5.50. The van der Waals surface area contributed by atoms with Crippen LogP contribution in [-0.2, 0) is 11.2 Å². The van der Waals surface area contributed by atoms with E-state index in [9.17, 15) is 4.79 Å². The summed E-state index contributed by atoms with van der Waals surface area (Å²) < 4.78 is 0. The Hall–Kier alpha value is -1.54. The van der Waals surface area contributed by atoms with E-state index in [2.05, 4.69) is 5.32 Å². The first kappa shape index (κ1) is 8.74. The minimum absolute atomic E-state index is 0.0159. The zero-order valence-electron chi connectivity index (χ0n) is 7.88. The van der Waals surface area contributed by atoms with Gasteiger partial charge in [-0.15, -0.1) is 0 Å². The minimum Gasteiger partial charge on any atom is -0.324 e. The van der Waals surface area contributed by atoms with E-state index >= 15 is 0 Å². The third kappa shape index (κ3) is 1.22. The molecule has 2 aromatic carbocycles. The number of amides is 1. The number of nitrogens with one attached hydrogen (secondary N) is 1. The summed E-state index contributed by atoms with van der Waals surface area (Å²) in [4.78, 5) is 11.3. The largest absolute Gasteiger partial charge is 0.324 e. The molecule has 0 fully saturated rings. The van der Waals surface area contributed by atoms with E-state index < -0.39 is 0 Å². The van der Waals surface area contributed by atoms with Gasteiger partial charge >= 0.3 is 0 Å². The summed E-state index contributed by atoms with van der Waals surface area (Å²) in [6, 6.07) is 9.90. The SMILES string of the molecule is O=C1Cc2cc3ccccc3c(Cl)c2N1. The molecule has 15 heavy (non-hydrogen) atoms. The molecule has 1 amide bonds. The molecule has 1 aliphatic heterocycles. The Morgan fingerprint density at radius 1 is 1.27 bits per heavy atom. The Balaban J connectivity index is 2.40. The Bertz CT molecular complexity index is 577. The van der Waals surface area contributed by atoms with Gasteiger partial charge in [0.05, 0.1) is 17.1 Å². The van der Waals surface area contributed by atoms with Crippen LogP contribution in [0.1, 0.15) is 5.56 Å². The first-order chi connectivity index (χ1) is 7.25. The number of hydrogen-bond acceptors (Lipinski definition) is 1. The molecule has 0 radical (unpaired) electrons. The van der Waals surface area contributed by atoms with Crippen LogP contribution in [0.2, 0.25) is 5.02 Å². The van der Waals surface area contributed by atoms with Crippen molar-refractivity contribution in [2.24, 2.45) is 0 Å². The quantitative estimate of drug-likeness (QED) is 0.722. The van der Waals surface area contributed by atoms with E-state index in [0.29, 0.717) is 11.4 Å². The molecule has 1 N–H and O–H groups in total. The van der Waals surface area contributed by atoms with Crippen LogP contribution in [0.5, 0.6) is 0 Å². The number of halogens is 1. The molecule has 0 saturated heterocycles. The van der Waals surface area contributed by atoms with Gasteiger partial charge in [0, 0.05) is 5.39 Å². The van der Waals surface area contributed by atoms with Crippen LogP contribution >= 0.6 is 11.6 Å². The second kappa shape index (κ2) is 2.97. The van der Waals surface area contributed by atoms with Crippen molar-refractivity contribution in [3.63, 3.8) is 0 Å². The fraction of sp³-hybridized carbons (Fsp3) is 0.0833. The van der Waals surface area contributed by atoms with Gasteiger partial charge in [0.1, 0.15) is 0 Å². The molecule has 0 unspecified atom stereocenters. The van der Waals surface area contributed by atoms with Gasteiger partial charge < -0.3 is 5.32 Å². The van der Waals surface area contributed by atoms with Crippen molar-refractivity contribution in [2.45, 2.75) is 6.42 Å². The predicted octanol–water partition coefficient (Wildman–Crippen LogP) is 2.99. The van der Waals surface area contributed by atoms with Gasteiger partial charge in [-0.05, 0) is 17.0 Å². The summed E-state index contributed by atoms with van der Waals surface area (Å²) in [5.74, 6) is 0.0159. The average Bonchev–Trinajstić information content (AvgIpc) is 2.59. The third-order valence-electron chi connectivity index (χ3n) is 2.68. The van der Waals surface area contributed by atoms with Crippen LogP contribution in [0, 0.1) is 0 Å². The zero-order valence-corrected chi connectivity index (χ0v) is 8.64. The van der Waals surface area contributed by atoms with Crippen molar-refractivity contribution in [1.29, 1.82) is 0 Å². The number of carbonyl (C=O) groups excluding carboxylic acids is 1. The molecular weight excluding hydrogens is 210 g/mol. The molecule has 0 atom stereocenters. The number of benzene rings is 2. The highest BCUT2D eigenvalue weighted by Gasteiger charge is 2.21. The molecule has 2 aromatic rings. The fourth-order valence-electron chi connectivity index (χ4n) is 1.99. The maximum Gasteiger partial charge on any atom is 0.228 e. The Morgan fingerprint density at radius 3 is 2.93 bits per heavy atom. The van der Waals surface area contributed by atoms with Gasteiger partial charge in [-0.3, -0.25) is 4.79 Å². The average molecular weight is 218 g/mol. The lowest BCUT2D eigenvalue weighted by Gasteiger charge is -2.06. The van der Waals surface area contributed by atoms with E-state index in [0.717, 1.165) is 22.0 Å². The number of anilines is 1. The van der Waals surface area contributed by atoms with Crippen molar-refractivity contribution in [2.75, 3.05) is 5.32 Å². The lowest BCUT2D eigenvalue weighted by Crippen LogP contribution is -2.03. The van der Waals surface area contributed by atoms with Crippen LogP contribution in [0.25, 0.3) is 10.8 Å². The van der Waals surface area contributed by atoms with Crippen LogP contribution in [0.15, 0.2) is 30.3 Å². The van der Waals surface area contributed by atoms with Crippen molar-refractivity contribution in [1.82, 2.24) is 0 Å². The highest BCUT2D eigenvalue weighted by atomic mass is 35.5. The first-order valence-corrected chi connectivity index (χ1v) is 5.13. The van der Waals surface area contributed by atoms with E-state index in [1.165, 1.54) is 0 Å². The van der Waals surface area contributed by atoms with Crippen molar-refractivity contribution < 1.29 is 4.79 Å². The van der Waals surface area contributed by atoms with Gasteiger partial charge in [-0.2, -0.15) is 0 Å². The smallest absolute Gasteiger partial charge is 0.228 e. The Kier molecular flexibility index (Phi) is 1.73. The molecular formula is C12H8ClNO. The normalized spacial score (nSPS) is 14.1. The van der Waals surface area contributed by atoms with Crippen molar-refractivity contribution in [3.8, 4) is 0 Å². The van der Waals surface area contributed by atoms with E-state index in [4.69, 9.17) is 11.6 Å². The minimum atomic E-state index is 0.0159. The van der Waals surface area contributed by atoms with Crippen LogP contribution < -0.4 is 5.32 Å². The lowest BCUT2D eigenvalue weighted by molar-refractivity contribution is -0.115. The number of hydrogen-bond donors (Lipinski definition) is 1. The Labute approximate surface area is 91.9 Å². The van der Waals surface area contributed by atoms with Gasteiger partial charge in [-0.1, -0.05) is 35.9 Å². The molecule has 2 nitrogen and oxygen atoms in total. The summed E-state index contributed by atoms with van der Waals surface area (Å²) in [6.45, 7) is 0. The zero-order chi connectivity index (χ0) is 10.4. The molecule has 0 bridgehead atoms. The number of rotatable bonds is 0. The molecule has 0 aliphatic carbocycles. The van der Waals surface area contributed by atoms with E-state index in [1.54, 1.807) is 0 Å². The molecule has 74 valence electrons. The molecule has 1 aliphatic rings. The first-order valence-electron chi connectivity index (χ1n) is 4.75. The highest BCUT2D eigenvalue weighted by Crippen LogP contribution is 2.37. The molecule has 3 rings (SSSR count). The second-order valence-electron chi connectivity index (χ2n) is 3.67. The molecule has 0 saturated carbocycles.